The molecular formula is C28H26FN3O3. The number of hydrogen-bond acceptors (Lipinski definition) is 3. The normalized spacial score (nSPS) is 11.4. The maximum absolute atomic E-state index is 13.6. The number of rotatable bonds is 7. The third-order valence-corrected chi connectivity index (χ3v) is 6.50. The zero-order valence-electron chi connectivity index (χ0n) is 19.9. The molecule has 0 fully saturated rings. The number of aromatic nitrogens is 3. The van der Waals surface area contributed by atoms with Crippen molar-refractivity contribution in [3.8, 4) is 16.9 Å². The predicted octanol–water partition coefficient (Wildman–Crippen LogP) is 6.12. The Morgan fingerprint density at radius 1 is 1.06 bits per heavy atom. The quantitative estimate of drug-likeness (QED) is 0.291. The van der Waals surface area contributed by atoms with E-state index in [9.17, 15) is 14.3 Å². The molecule has 3 aromatic carbocycles. The Bertz CT molecular complexity index is 1580. The van der Waals surface area contributed by atoms with E-state index in [4.69, 9.17) is 4.74 Å². The first-order chi connectivity index (χ1) is 16.8. The molecule has 2 aromatic heterocycles. The van der Waals surface area contributed by atoms with Crippen molar-refractivity contribution in [3.05, 3.63) is 83.6 Å². The van der Waals surface area contributed by atoms with E-state index in [2.05, 4.69) is 5.10 Å². The molecule has 0 aliphatic carbocycles. The second-order valence-corrected chi connectivity index (χ2v) is 8.72. The van der Waals surface area contributed by atoms with Crippen LogP contribution in [0.5, 0.6) is 5.75 Å². The lowest BCUT2D eigenvalue weighted by atomic mass is 10.0. The Balaban J connectivity index is 1.46. The lowest BCUT2D eigenvalue weighted by Gasteiger charge is -2.14. The van der Waals surface area contributed by atoms with Crippen molar-refractivity contribution in [1.29, 1.82) is 0 Å². The highest BCUT2D eigenvalue weighted by molar-refractivity contribution is 6.01. The van der Waals surface area contributed by atoms with Crippen molar-refractivity contribution in [2.24, 2.45) is 7.05 Å². The average molecular weight is 472 g/mol. The minimum Gasteiger partial charge on any atom is -0.493 e. The lowest BCUT2D eigenvalue weighted by Crippen LogP contribution is -2.11. The number of hydrogen-bond donors (Lipinski definition) is 1. The van der Waals surface area contributed by atoms with Crippen LogP contribution in [0.3, 0.4) is 0 Å². The maximum Gasteiger partial charge on any atom is 0.352 e. The van der Waals surface area contributed by atoms with E-state index in [0.717, 1.165) is 44.2 Å². The molecule has 0 spiro atoms. The molecule has 0 amide bonds. The summed E-state index contributed by atoms with van der Waals surface area (Å²) < 4.78 is 23.3. The Labute approximate surface area is 202 Å². The van der Waals surface area contributed by atoms with Crippen molar-refractivity contribution in [2.75, 3.05) is 6.61 Å². The molecule has 0 aliphatic rings. The van der Waals surface area contributed by atoms with Gasteiger partial charge < -0.3 is 14.4 Å². The summed E-state index contributed by atoms with van der Waals surface area (Å²) in [6.07, 6.45) is 0.598. The molecule has 178 valence electrons. The molecule has 7 heteroatoms. The van der Waals surface area contributed by atoms with E-state index >= 15 is 0 Å². The summed E-state index contributed by atoms with van der Waals surface area (Å²) in [6.45, 7) is 4.85. The molecule has 6 nitrogen and oxygen atoms in total. The smallest absolute Gasteiger partial charge is 0.352 e. The zero-order chi connectivity index (χ0) is 24.7. The van der Waals surface area contributed by atoms with Gasteiger partial charge in [0.05, 0.1) is 17.8 Å². The van der Waals surface area contributed by atoms with Gasteiger partial charge in [-0.1, -0.05) is 30.3 Å². The number of para-hydroxylation sites is 1. The van der Waals surface area contributed by atoms with E-state index in [1.165, 1.54) is 12.1 Å². The molecule has 0 atom stereocenters. The maximum atomic E-state index is 13.6. The van der Waals surface area contributed by atoms with Gasteiger partial charge in [0.2, 0.25) is 0 Å². The fraction of sp³-hybridized carbons (Fsp3) is 0.214. The third kappa shape index (κ3) is 4.03. The van der Waals surface area contributed by atoms with E-state index in [-0.39, 0.29) is 11.5 Å². The van der Waals surface area contributed by atoms with Gasteiger partial charge in [0.15, 0.2) is 0 Å². The first-order valence-corrected chi connectivity index (χ1v) is 11.5. The Morgan fingerprint density at radius 2 is 1.83 bits per heavy atom. The Morgan fingerprint density at radius 3 is 2.57 bits per heavy atom. The number of aryl methyl sites for hydroxylation is 3. The number of carboxylic acids is 1. The van der Waals surface area contributed by atoms with E-state index < -0.39 is 5.97 Å². The molecule has 35 heavy (non-hydrogen) atoms. The van der Waals surface area contributed by atoms with Gasteiger partial charge in [0, 0.05) is 41.2 Å². The molecule has 0 saturated heterocycles. The van der Waals surface area contributed by atoms with Crippen molar-refractivity contribution >= 4 is 27.6 Å². The summed E-state index contributed by atoms with van der Waals surface area (Å²) in [7, 11) is 1.91. The van der Waals surface area contributed by atoms with Crippen LogP contribution in [0.25, 0.3) is 32.8 Å². The van der Waals surface area contributed by atoms with Crippen LogP contribution in [0.2, 0.25) is 0 Å². The first kappa shape index (κ1) is 22.7. The summed E-state index contributed by atoms with van der Waals surface area (Å²) in [6, 6.07) is 17.8. The average Bonchev–Trinajstić information content (AvgIpc) is 3.33. The van der Waals surface area contributed by atoms with Crippen LogP contribution in [0.4, 0.5) is 4.39 Å². The number of ether oxygens (including phenoxy) is 1. The summed E-state index contributed by atoms with van der Waals surface area (Å²) in [4.78, 5) is 12.1. The van der Waals surface area contributed by atoms with Crippen molar-refractivity contribution in [3.63, 3.8) is 0 Å². The lowest BCUT2D eigenvalue weighted by molar-refractivity contribution is 0.0685. The van der Waals surface area contributed by atoms with Gasteiger partial charge in [-0.2, -0.15) is 5.10 Å². The van der Waals surface area contributed by atoms with Gasteiger partial charge in [0.25, 0.3) is 0 Å². The van der Waals surface area contributed by atoms with E-state index in [0.29, 0.717) is 25.3 Å². The summed E-state index contributed by atoms with van der Waals surface area (Å²) in [5.41, 5.74) is 5.04. The molecule has 0 aliphatic heterocycles. The number of carbonyl (C=O) groups is 1. The molecule has 0 bridgehead atoms. The van der Waals surface area contributed by atoms with Gasteiger partial charge in [-0.3, -0.25) is 4.68 Å². The molecule has 1 N–H and O–H groups in total. The van der Waals surface area contributed by atoms with Crippen LogP contribution in [0.15, 0.2) is 60.7 Å². The fourth-order valence-electron chi connectivity index (χ4n) is 4.85. The first-order valence-electron chi connectivity index (χ1n) is 11.5. The molecule has 0 radical (unpaired) electrons. The standard InChI is InChI=1S/C28H26FN3O3/c1-17-26(18(2)31(3)30-17)23-9-4-8-20-16-24(28(33)34)32(27(20)23)13-6-14-35-25-10-5-7-19-15-21(29)11-12-22(19)25/h4-5,7-12,15-16H,6,13-14H2,1-3H3,(H,33,34). The predicted molar refractivity (Wildman–Crippen MR) is 135 cm³/mol. The largest absolute Gasteiger partial charge is 0.493 e. The van der Waals surface area contributed by atoms with Crippen LogP contribution >= 0.6 is 0 Å². The SMILES string of the molecule is Cc1nn(C)c(C)c1-c1cccc2cc(C(=O)O)n(CCCOc3cccc4cc(F)ccc34)c12. The van der Waals surface area contributed by atoms with Crippen LogP contribution in [-0.4, -0.2) is 32.0 Å². The molecule has 2 heterocycles. The van der Waals surface area contributed by atoms with Crippen LogP contribution < -0.4 is 4.74 Å². The summed E-state index contributed by atoms with van der Waals surface area (Å²) in [5.74, 6) is -0.574. The molecule has 0 saturated carbocycles. The van der Waals surface area contributed by atoms with Crippen LogP contribution in [0, 0.1) is 19.7 Å². The van der Waals surface area contributed by atoms with E-state index in [1.54, 1.807) is 12.1 Å². The molecular weight excluding hydrogens is 445 g/mol. The summed E-state index contributed by atoms with van der Waals surface area (Å²) in [5, 5.41) is 17.0. The van der Waals surface area contributed by atoms with Crippen LogP contribution in [0.1, 0.15) is 28.3 Å². The second kappa shape index (κ2) is 8.91. The summed E-state index contributed by atoms with van der Waals surface area (Å²) >= 11 is 0. The number of aromatic carboxylic acids is 1. The highest BCUT2D eigenvalue weighted by Gasteiger charge is 2.21. The Kier molecular flexibility index (Phi) is 5.76. The number of nitrogens with zero attached hydrogens (tertiary/aromatic N) is 3. The fourth-order valence-corrected chi connectivity index (χ4v) is 4.85. The van der Waals surface area contributed by atoms with Gasteiger partial charge in [-0.15, -0.1) is 0 Å². The van der Waals surface area contributed by atoms with Crippen LogP contribution in [-0.2, 0) is 13.6 Å². The minimum atomic E-state index is -0.969. The third-order valence-electron chi connectivity index (χ3n) is 6.50. The van der Waals surface area contributed by atoms with Gasteiger partial charge in [-0.25, -0.2) is 9.18 Å². The number of fused-ring (bicyclic) bond motifs is 2. The van der Waals surface area contributed by atoms with Gasteiger partial charge >= 0.3 is 5.97 Å². The Hall–Kier alpha value is -4.13. The minimum absolute atomic E-state index is 0.243. The monoisotopic (exact) mass is 471 g/mol. The highest BCUT2D eigenvalue weighted by atomic mass is 19.1. The number of halogens is 1. The number of benzene rings is 3. The van der Waals surface area contributed by atoms with Crippen molar-refractivity contribution in [2.45, 2.75) is 26.8 Å². The van der Waals surface area contributed by atoms with Crippen molar-refractivity contribution in [1.82, 2.24) is 14.3 Å². The topological polar surface area (TPSA) is 69.3 Å². The molecule has 5 aromatic rings. The zero-order valence-corrected chi connectivity index (χ0v) is 19.9. The second-order valence-electron chi connectivity index (χ2n) is 8.72. The van der Waals surface area contributed by atoms with Gasteiger partial charge in [-0.05, 0) is 56.0 Å². The van der Waals surface area contributed by atoms with Crippen molar-refractivity contribution < 1.29 is 19.0 Å². The van der Waals surface area contributed by atoms with Gasteiger partial charge in [0.1, 0.15) is 17.3 Å². The molecule has 0 unspecified atom stereocenters. The van der Waals surface area contributed by atoms with E-state index in [1.807, 2.05) is 66.5 Å². The highest BCUT2D eigenvalue weighted by Crippen LogP contribution is 2.35. The number of carboxylic acid groups (broad SMARTS) is 1. The molecule has 5 rings (SSSR count).